The van der Waals surface area contributed by atoms with Gasteiger partial charge in [-0.2, -0.15) is 0 Å². The van der Waals surface area contributed by atoms with Crippen LogP contribution < -0.4 is 14.8 Å². The number of hydrogen-bond donors (Lipinski definition) is 1. The average Bonchev–Trinajstić information content (AvgIpc) is 2.95. The van der Waals surface area contributed by atoms with Crippen molar-refractivity contribution in [2.24, 2.45) is 0 Å². The van der Waals surface area contributed by atoms with Gasteiger partial charge in [0.25, 0.3) is 0 Å². The fourth-order valence-corrected chi connectivity index (χ4v) is 3.11. The monoisotopic (exact) mass is 346 g/mol. The predicted molar refractivity (Wildman–Crippen MR) is 91.2 cm³/mol. The van der Waals surface area contributed by atoms with E-state index < -0.39 is 0 Å². The van der Waals surface area contributed by atoms with Crippen LogP contribution in [0.5, 0.6) is 11.5 Å². The van der Waals surface area contributed by atoms with E-state index in [0.29, 0.717) is 17.2 Å². The Bertz CT molecular complexity index is 895. The summed E-state index contributed by atoms with van der Waals surface area (Å²) in [6.07, 6.45) is 0. The summed E-state index contributed by atoms with van der Waals surface area (Å²) in [4.78, 5) is 15.6. The second-order valence-electron chi connectivity index (χ2n) is 5.05. The van der Waals surface area contributed by atoms with Crippen LogP contribution in [0, 0.1) is 5.82 Å². The van der Waals surface area contributed by atoms with Crippen molar-refractivity contribution in [3.05, 3.63) is 47.2 Å². The molecule has 0 saturated heterocycles. The number of nitrogens with one attached hydrogen (secondary N) is 1. The van der Waals surface area contributed by atoms with E-state index in [4.69, 9.17) is 9.47 Å². The van der Waals surface area contributed by atoms with E-state index in [2.05, 4.69) is 10.3 Å². The first kappa shape index (κ1) is 16.2. The van der Waals surface area contributed by atoms with Crippen molar-refractivity contribution in [3.8, 4) is 11.5 Å². The van der Waals surface area contributed by atoms with Gasteiger partial charge in [-0.15, -0.1) is 11.3 Å². The Kier molecular flexibility index (Phi) is 4.61. The summed E-state index contributed by atoms with van der Waals surface area (Å²) < 4.78 is 25.0. The summed E-state index contributed by atoms with van der Waals surface area (Å²) >= 11 is 1.39. The Morgan fingerprint density at radius 2 is 2.12 bits per heavy atom. The summed E-state index contributed by atoms with van der Waals surface area (Å²) in [5.74, 6) is 0.640. The van der Waals surface area contributed by atoms with E-state index in [-0.39, 0.29) is 18.3 Å². The van der Waals surface area contributed by atoms with Crippen LogP contribution >= 0.6 is 11.3 Å². The molecule has 5 nitrogen and oxygen atoms in total. The highest BCUT2D eigenvalue weighted by molar-refractivity contribution is 7.18. The van der Waals surface area contributed by atoms with E-state index in [1.807, 2.05) is 0 Å². The Morgan fingerprint density at radius 3 is 2.88 bits per heavy atom. The zero-order valence-electron chi connectivity index (χ0n) is 13.1. The molecule has 24 heavy (non-hydrogen) atoms. The second kappa shape index (κ2) is 6.84. The fourth-order valence-electron chi connectivity index (χ4n) is 2.21. The lowest BCUT2D eigenvalue weighted by atomic mass is 10.2. The highest BCUT2D eigenvalue weighted by atomic mass is 32.1. The van der Waals surface area contributed by atoms with Crippen molar-refractivity contribution in [3.63, 3.8) is 0 Å². The molecule has 0 aliphatic carbocycles. The molecule has 0 bridgehead atoms. The third kappa shape index (κ3) is 3.62. The van der Waals surface area contributed by atoms with Crippen LogP contribution in [-0.4, -0.2) is 18.0 Å². The molecule has 124 valence electrons. The maximum atomic E-state index is 13.2. The predicted octanol–water partition coefficient (Wildman–Crippen LogP) is 3.98. The molecule has 1 aromatic heterocycles. The first-order valence-corrected chi connectivity index (χ1v) is 8.00. The Balaban J connectivity index is 1.74. The maximum absolute atomic E-state index is 13.2. The van der Waals surface area contributed by atoms with Crippen molar-refractivity contribution in [1.29, 1.82) is 0 Å². The van der Waals surface area contributed by atoms with Crippen LogP contribution in [0.2, 0.25) is 0 Å². The summed E-state index contributed by atoms with van der Waals surface area (Å²) in [7, 11) is 1.52. The largest absolute Gasteiger partial charge is 0.494 e. The Labute approximate surface area is 142 Å². The number of ether oxygens (including phenoxy) is 2. The average molecular weight is 346 g/mol. The number of aromatic nitrogens is 1. The Morgan fingerprint density at radius 1 is 1.29 bits per heavy atom. The number of nitrogens with zero attached hydrogens (tertiary/aromatic N) is 1. The molecular weight excluding hydrogens is 331 g/mol. The zero-order chi connectivity index (χ0) is 17.1. The third-order valence-corrected chi connectivity index (χ3v) is 4.23. The lowest BCUT2D eigenvalue weighted by Crippen LogP contribution is -2.07. The molecule has 0 aliphatic heterocycles. The second-order valence-corrected chi connectivity index (χ2v) is 6.17. The van der Waals surface area contributed by atoms with Gasteiger partial charge in [-0.25, -0.2) is 9.37 Å². The molecule has 0 aliphatic rings. The van der Waals surface area contributed by atoms with Crippen LogP contribution in [0.3, 0.4) is 0 Å². The van der Waals surface area contributed by atoms with Gasteiger partial charge in [-0.3, -0.25) is 4.79 Å². The number of thiazole rings is 1. The van der Waals surface area contributed by atoms with Gasteiger partial charge in [0.1, 0.15) is 28.9 Å². The van der Waals surface area contributed by atoms with Crippen LogP contribution in [-0.2, 0) is 11.4 Å². The van der Waals surface area contributed by atoms with Crippen molar-refractivity contribution in [1.82, 2.24) is 4.98 Å². The summed E-state index contributed by atoms with van der Waals surface area (Å²) in [6, 6.07) is 9.64. The number of benzene rings is 2. The molecule has 3 rings (SSSR count). The molecule has 7 heteroatoms. The molecule has 0 fully saturated rings. The topological polar surface area (TPSA) is 60.5 Å². The molecule has 1 amide bonds. The quantitative estimate of drug-likeness (QED) is 0.759. The van der Waals surface area contributed by atoms with E-state index in [1.54, 1.807) is 24.3 Å². The highest BCUT2D eigenvalue weighted by Gasteiger charge is 2.09. The molecule has 1 heterocycles. The smallest absolute Gasteiger partial charge is 0.221 e. The normalized spacial score (nSPS) is 10.6. The summed E-state index contributed by atoms with van der Waals surface area (Å²) in [5, 5.41) is 3.43. The fraction of sp³-hybridized carbons (Fsp3) is 0.176. The molecule has 0 atom stereocenters. The standard InChI is InChI=1S/C17H15FN2O3S/c1-10(21)19-13-6-4-12(8-15(13)22-2)23-9-17-20-14-5-3-11(18)7-16(14)24-17/h3-8H,9H2,1-2H3,(H,19,21). The minimum atomic E-state index is -0.281. The van der Waals surface area contributed by atoms with Crippen LogP contribution in [0.1, 0.15) is 11.9 Å². The van der Waals surface area contributed by atoms with Crippen LogP contribution in [0.4, 0.5) is 10.1 Å². The van der Waals surface area contributed by atoms with E-state index in [0.717, 1.165) is 15.2 Å². The summed E-state index contributed by atoms with van der Waals surface area (Å²) in [5.41, 5.74) is 1.33. The number of hydrogen-bond acceptors (Lipinski definition) is 5. The van der Waals surface area contributed by atoms with Gasteiger partial charge >= 0.3 is 0 Å². The van der Waals surface area contributed by atoms with Crippen molar-refractivity contribution >= 4 is 33.1 Å². The highest BCUT2D eigenvalue weighted by Crippen LogP contribution is 2.30. The molecule has 3 aromatic rings. The van der Waals surface area contributed by atoms with E-state index in [9.17, 15) is 9.18 Å². The van der Waals surface area contributed by atoms with Gasteiger partial charge < -0.3 is 14.8 Å². The number of fused-ring (bicyclic) bond motifs is 1. The number of amides is 1. The van der Waals surface area contributed by atoms with Crippen molar-refractivity contribution in [2.75, 3.05) is 12.4 Å². The molecule has 0 spiro atoms. The summed E-state index contributed by atoms with van der Waals surface area (Å²) in [6.45, 7) is 1.70. The SMILES string of the molecule is COc1cc(OCc2nc3ccc(F)cc3s2)ccc1NC(C)=O. The molecule has 0 saturated carbocycles. The number of carbonyl (C=O) groups excluding carboxylic acids is 1. The van der Waals surface area contributed by atoms with Crippen molar-refractivity contribution in [2.45, 2.75) is 13.5 Å². The van der Waals surface area contributed by atoms with Crippen LogP contribution in [0.25, 0.3) is 10.2 Å². The van der Waals surface area contributed by atoms with Gasteiger partial charge in [-0.05, 0) is 30.3 Å². The van der Waals surface area contributed by atoms with Gasteiger partial charge in [0.15, 0.2) is 0 Å². The molecule has 0 radical (unpaired) electrons. The van der Waals surface area contributed by atoms with Gasteiger partial charge in [0.2, 0.25) is 5.91 Å². The number of anilines is 1. The molecule has 0 unspecified atom stereocenters. The lowest BCUT2D eigenvalue weighted by molar-refractivity contribution is -0.114. The lowest BCUT2D eigenvalue weighted by Gasteiger charge is -2.11. The van der Waals surface area contributed by atoms with Crippen LogP contribution in [0.15, 0.2) is 36.4 Å². The third-order valence-electron chi connectivity index (χ3n) is 3.24. The number of carbonyl (C=O) groups is 1. The molecule has 2 aromatic carbocycles. The van der Waals surface area contributed by atoms with Gasteiger partial charge in [0, 0.05) is 13.0 Å². The number of halogens is 1. The van der Waals surface area contributed by atoms with Gasteiger partial charge in [0.05, 0.1) is 23.0 Å². The number of rotatable bonds is 5. The van der Waals surface area contributed by atoms with E-state index >= 15 is 0 Å². The van der Waals surface area contributed by atoms with Crippen molar-refractivity contribution < 1.29 is 18.7 Å². The first-order valence-electron chi connectivity index (χ1n) is 7.18. The van der Waals surface area contributed by atoms with E-state index in [1.165, 1.54) is 37.5 Å². The molecule has 1 N–H and O–H groups in total. The molecular formula is C17H15FN2O3S. The zero-order valence-corrected chi connectivity index (χ0v) is 13.9. The minimum Gasteiger partial charge on any atom is -0.494 e. The minimum absolute atomic E-state index is 0.177. The number of methoxy groups -OCH3 is 1. The first-order chi connectivity index (χ1) is 11.5. The van der Waals surface area contributed by atoms with Gasteiger partial charge in [-0.1, -0.05) is 0 Å². The Hall–Kier alpha value is -2.67. The maximum Gasteiger partial charge on any atom is 0.221 e.